The minimum atomic E-state index is -0.352. The molecule has 7 heteroatoms. The summed E-state index contributed by atoms with van der Waals surface area (Å²) in [6, 6.07) is 2.32. The molecule has 1 aliphatic heterocycles. The molecule has 0 spiro atoms. The van der Waals surface area contributed by atoms with E-state index in [2.05, 4.69) is 37.8 Å². The van der Waals surface area contributed by atoms with Crippen LogP contribution in [0.15, 0.2) is 12.3 Å². The number of pyridine rings is 1. The maximum Gasteiger partial charge on any atom is 0.341 e. The fourth-order valence-corrected chi connectivity index (χ4v) is 4.09. The van der Waals surface area contributed by atoms with Crippen molar-refractivity contribution in [3.63, 3.8) is 0 Å². The minimum Gasteiger partial charge on any atom is -0.465 e. The van der Waals surface area contributed by atoms with E-state index in [9.17, 15) is 9.90 Å². The van der Waals surface area contributed by atoms with Crippen molar-refractivity contribution in [2.45, 2.75) is 50.3 Å². The molecule has 0 amide bonds. The zero-order valence-electron chi connectivity index (χ0n) is 13.9. The molecule has 3 unspecified atom stereocenters. The van der Waals surface area contributed by atoms with Gasteiger partial charge in [-0.3, -0.25) is 0 Å². The molecule has 2 aliphatic rings. The van der Waals surface area contributed by atoms with Crippen LogP contribution in [0, 0.1) is 3.57 Å². The first kappa shape index (κ1) is 17.9. The number of aromatic nitrogens is 1. The normalized spacial score (nSPS) is 27.3. The van der Waals surface area contributed by atoms with Gasteiger partial charge in [0.15, 0.2) is 0 Å². The number of nitrogens with zero attached hydrogens (tertiary/aromatic N) is 2. The van der Waals surface area contributed by atoms with Crippen molar-refractivity contribution in [2.75, 3.05) is 25.1 Å². The Morgan fingerprint density at radius 2 is 2.21 bits per heavy atom. The topological polar surface area (TPSA) is 74.7 Å². The van der Waals surface area contributed by atoms with Crippen molar-refractivity contribution >= 4 is 34.4 Å². The highest BCUT2D eigenvalue weighted by Crippen LogP contribution is 2.26. The molecule has 2 N–H and O–H groups in total. The Morgan fingerprint density at radius 3 is 2.96 bits per heavy atom. The number of aliphatic hydroxyl groups is 1. The molecule has 1 aromatic rings. The highest BCUT2D eigenvalue weighted by atomic mass is 127. The van der Waals surface area contributed by atoms with Gasteiger partial charge in [0.2, 0.25) is 0 Å². The third kappa shape index (κ3) is 4.00. The molecule has 0 radical (unpaired) electrons. The Bertz CT molecular complexity index is 598. The van der Waals surface area contributed by atoms with Crippen LogP contribution in [0.4, 0.5) is 5.82 Å². The summed E-state index contributed by atoms with van der Waals surface area (Å²) < 4.78 is 5.81. The van der Waals surface area contributed by atoms with E-state index in [0.717, 1.165) is 42.3 Å². The summed E-state index contributed by atoms with van der Waals surface area (Å²) in [6.07, 6.45) is 6.73. The van der Waals surface area contributed by atoms with Crippen molar-refractivity contribution in [3.8, 4) is 0 Å². The Morgan fingerprint density at radius 1 is 1.42 bits per heavy atom. The Kier molecular flexibility index (Phi) is 5.93. The van der Waals surface area contributed by atoms with E-state index in [0.29, 0.717) is 17.4 Å². The van der Waals surface area contributed by atoms with Crippen LogP contribution in [0.25, 0.3) is 0 Å². The van der Waals surface area contributed by atoms with Crippen LogP contribution >= 0.6 is 22.6 Å². The van der Waals surface area contributed by atoms with E-state index in [1.54, 1.807) is 6.20 Å². The molecule has 6 nitrogen and oxygen atoms in total. The first-order chi connectivity index (χ1) is 11.6. The fourth-order valence-electron chi connectivity index (χ4n) is 3.64. The molecule has 3 rings (SSSR count). The molecular formula is C17H24IN3O3. The average molecular weight is 445 g/mol. The summed E-state index contributed by atoms with van der Waals surface area (Å²) in [4.78, 5) is 18.6. The quantitative estimate of drug-likeness (QED) is 0.545. The van der Waals surface area contributed by atoms with Gasteiger partial charge in [-0.15, -0.1) is 0 Å². The van der Waals surface area contributed by atoms with Gasteiger partial charge in [-0.2, -0.15) is 0 Å². The lowest BCUT2D eigenvalue weighted by atomic mass is 9.92. The van der Waals surface area contributed by atoms with Crippen molar-refractivity contribution in [1.82, 2.24) is 10.3 Å². The molecule has 1 saturated heterocycles. The van der Waals surface area contributed by atoms with Gasteiger partial charge in [0.25, 0.3) is 0 Å². The monoisotopic (exact) mass is 445 g/mol. The molecule has 132 valence electrons. The van der Waals surface area contributed by atoms with Crippen LogP contribution in [-0.4, -0.2) is 54.4 Å². The lowest BCUT2D eigenvalue weighted by Gasteiger charge is -2.31. The largest absolute Gasteiger partial charge is 0.465 e. The molecular weight excluding hydrogens is 421 g/mol. The molecule has 1 saturated carbocycles. The number of halogens is 1. The number of esters is 1. The van der Waals surface area contributed by atoms with E-state index >= 15 is 0 Å². The number of hydrogen-bond acceptors (Lipinski definition) is 6. The maximum absolute atomic E-state index is 12.0. The summed E-state index contributed by atoms with van der Waals surface area (Å²) in [6.45, 7) is 1.64. The molecule has 2 fully saturated rings. The summed E-state index contributed by atoms with van der Waals surface area (Å²) in [7, 11) is 1.39. The third-order valence-electron chi connectivity index (χ3n) is 4.91. The molecule has 0 bridgehead atoms. The van der Waals surface area contributed by atoms with Gasteiger partial charge in [0.05, 0.1) is 13.2 Å². The van der Waals surface area contributed by atoms with Gasteiger partial charge in [0, 0.05) is 34.9 Å². The van der Waals surface area contributed by atoms with Gasteiger partial charge < -0.3 is 20.1 Å². The number of anilines is 1. The predicted molar refractivity (Wildman–Crippen MR) is 100 cm³/mol. The smallest absolute Gasteiger partial charge is 0.341 e. The predicted octanol–water partition coefficient (Wildman–Crippen LogP) is 1.94. The van der Waals surface area contributed by atoms with Crippen LogP contribution in [0.1, 0.15) is 42.5 Å². The van der Waals surface area contributed by atoms with E-state index in [1.165, 1.54) is 13.5 Å². The van der Waals surface area contributed by atoms with Crippen molar-refractivity contribution in [3.05, 3.63) is 21.4 Å². The number of methoxy groups -OCH3 is 1. The standard InChI is InChI=1S/C17H24IN3O3/c1-24-17(23)13-8-11(18)9-19-16(13)21-7-6-12(10-21)20-14-4-2-3-5-15(14)22/h8-9,12,14-15,20,22H,2-7,10H2,1H3. The van der Waals surface area contributed by atoms with Crippen LogP contribution in [-0.2, 0) is 4.74 Å². The number of ether oxygens (including phenoxy) is 1. The average Bonchev–Trinajstić information content (AvgIpc) is 3.04. The van der Waals surface area contributed by atoms with Gasteiger partial charge in [-0.05, 0) is 47.9 Å². The minimum absolute atomic E-state index is 0.188. The SMILES string of the molecule is COC(=O)c1cc(I)cnc1N1CCC(NC2CCCCC2O)C1. The molecule has 24 heavy (non-hydrogen) atoms. The number of hydrogen-bond donors (Lipinski definition) is 2. The lowest BCUT2D eigenvalue weighted by Crippen LogP contribution is -2.48. The third-order valence-corrected chi connectivity index (χ3v) is 5.50. The number of carbonyl (C=O) groups is 1. The summed E-state index contributed by atoms with van der Waals surface area (Å²) in [5, 5.41) is 13.7. The van der Waals surface area contributed by atoms with Crippen LogP contribution in [0.5, 0.6) is 0 Å². The van der Waals surface area contributed by atoms with Crippen LogP contribution < -0.4 is 10.2 Å². The van der Waals surface area contributed by atoms with E-state index < -0.39 is 0 Å². The first-order valence-corrected chi connectivity index (χ1v) is 9.59. The second-order valence-corrected chi connectivity index (χ2v) is 7.82. The molecule has 1 aliphatic carbocycles. The molecule has 0 aromatic carbocycles. The van der Waals surface area contributed by atoms with E-state index in [-0.39, 0.29) is 18.1 Å². The Labute approximate surface area is 156 Å². The van der Waals surface area contributed by atoms with Crippen molar-refractivity contribution in [1.29, 1.82) is 0 Å². The summed E-state index contributed by atoms with van der Waals surface area (Å²) >= 11 is 2.15. The molecule has 1 aromatic heterocycles. The summed E-state index contributed by atoms with van der Waals surface area (Å²) in [5.41, 5.74) is 0.516. The van der Waals surface area contributed by atoms with Gasteiger partial charge in [0.1, 0.15) is 11.4 Å². The number of aliphatic hydroxyl groups excluding tert-OH is 1. The Hall–Kier alpha value is -0.930. The maximum atomic E-state index is 12.0. The fraction of sp³-hybridized carbons (Fsp3) is 0.647. The number of nitrogens with one attached hydrogen (secondary N) is 1. The van der Waals surface area contributed by atoms with E-state index in [1.807, 2.05) is 6.07 Å². The second kappa shape index (κ2) is 7.97. The highest BCUT2D eigenvalue weighted by Gasteiger charge is 2.31. The van der Waals surface area contributed by atoms with Gasteiger partial charge >= 0.3 is 5.97 Å². The first-order valence-electron chi connectivity index (χ1n) is 8.51. The van der Waals surface area contributed by atoms with Crippen molar-refractivity contribution < 1.29 is 14.6 Å². The number of rotatable bonds is 4. The highest BCUT2D eigenvalue weighted by molar-refractivity contribution is 14.1. The van der Waals surface area contributed by atoms with Gasteiger partial charge in [-0.1, -0.05) is 12.8 Å². The molecule has 3 atom stereocenters. The van der Waals surface area contributed by atoms with Crippen LogP contribution in [0.3, 0.4) is 0 Å². The zero-order chi connectivity index (χ0) is 17.1. The zero-order valence-corrected chi connectivity index (χ0v) is 16.0. The van der Waals surface area contributed by atoms with Crippen LogP contribution in [0.2, 0.25) is 0 Å². The number of carbonyl (C=O) groups excluding carboxylic acids is 1. The Balaban J connectivity index is 1.68. The van der Waals surface area contributed by atoms with E-state index in [4.69, 9.17) is 4.74 Å². The lowest BCUT2D eigenvalue weighted by molar-refractivity contribution is 0.0601. The van der Waals surface area contributed by atoms with Gasteiger partial charge in [-0.25, -0.2) is 9.78 Å². The molecule has 2 heterocycles. The second-order valence-electron chi connectivity index (χ2n) is 6.57. The summed E-state index contributed by atoms with van der Waals surface area (Å²) in [5.74, 6) is 0.339. The van der Waals surface area contributed by atoms with Crippen molar-refractivity contribution in [2.24, 2.45) is 0 Å².